The number of anilines is 1. The molecular weight excluding hydrogens is 288 g/mol. The number of carbonyl (C=O) groups excluding carboxylic acids is 1. The average Bonchev–Trinajstić information content (AvgIpc) is 2.56. The SMILES string of the molecule is CCC(=O)NC[C@H](c1ccc(N(C)C)cc1)N1CCN(C)CC1. The number of amides is 1. The van der Waals surface area contributed by atoms with Gasteiger partial charge in [-0.15, -0.1) is 0 Å². The maximum absolute atomic E-state index is 11.7. The molecule has 1 amide bonds. The highest BCUT2D eigenvalue weighted by Crippen LogP contribution is 2.24. The predicted octanol–water partition coefficient (Wildman–Crippen LogP) is 1.57. The van der Waals surface area contributed by atoms with Crippen molar-refractivity contribution in [3.8, 4) is 0 Å². The number of piperazine rings is 1. The van der Waals surface area contributed by atoms with E-state index in [9.17, 15) is 4.79 Å². The maximum atomic E-state index is 11.7. The number of hydrogen-bond donors (Lipinski definition) is 1. The number of nitrogens with zero attached hydrogens (tertiary/aromatic N) is 3. The van der Waals surface area contributed by atoms with Gasteiger partial charge in [-0.05, 0) is 24.7 Å². The second-order valence-corrected chi connectivity index (χ2v) is 6.50. The lowest BCUT2D eigenvalue weighted by Crippen LogP contribution is -2.48. The van der Waals surface area contributed by atoms with Crippen LogP contribution in [-0.2, 0) is 4.79 Å². The highest BCUT2D eigenvalue weighted by molar-refractivity contribution is 5.75. The Morgan fingerprint density at radius 1 is 1.17 bits per heavy atom. The van der Waals surface area contributed by atoms with E-state index in [0.717, 1.165) is 26.2 Å². The van der Waals surface area contributed by atoms with Gasteiger partial charge in [0, 0.05) is 58.9 Å². The number of rotatable bonds is 6. The van der Waals surface area contributed by atoms with Gasteiger partial charge in [-0.1, -0.05) is 19.1 Å². The predicted molar refractivity (Wildman–Crippen MR) is 95.9 cm³/mol. The first-order chi connectivity index (χ1) is 11.0. The molecule has 23 heavy (non-hydrogen) atoms. The van der Waals surface area contributed by atoms with E-state index in [0.29, 0.717) is 13.0 Å². The second-order valence-electron chi connectivity index (χ2n) is 6.50. The van der Waals surface area contributed by atoms with Crippen molar-refractivity contribution in [2.45, 2.75) is 19.4 Å². The van der Waals surface area contributed by atoms with E-state index >= 15 is 0 Å². The molecule has 1 aliphatic heterocycles. The van der Waals surface area contributed by atoms with Crippen molar-refractivity contribution in [1.82, 2.24) is 15.1 Å². The summed E-state index contributed by atoms with van der Waals surface area (Å²) in [6.07, 6.45) is 0.537. The Kier molecular flexibility index (Phi) is 6.42. The Morgan fingerprint density at radius 3 is 2.30 bits per heavy atom. The topological polar surface area (TPSA) is 38.8 Å². The van der Waals surface area contributed by atoms with Crippen LogP contribution in [0.25, 0.3) is 0 Å². The summed E-state index contributed by atoms with van der Waals surface area (Å²) in [5.41, 5.74) is 2.47. The molecule has 2 rings (SSSR count). The third kappa shape index (κ3) is 4.94. The van der Waals surface area contributed by atoms with Gasteiger partial charge in [0.1, 0.15) is 0 Å². The van der Waals surface area contributed by atoms with E-state index in [1.54, 1.807) is 0 Å². The summed E-state index contributed by atoms with van der Waals surface area (Å²) in [6, 6.07) is 8.93. The zero-order valence-electron chi connectivity index (χ0n) is 14.9. The molecule has 1 heterocycles. The van der Waals surface area contributed by atoms with Crippen LogP contribution >= 0.6 is 0 Å². The van der Waals surface area contributed by atoms with Gasteiger partial charge in [0.2, 0.25) is 5.91 Å². The van der Waals surface area contributed by atoms with Crippen molar-refractivity contribution in [2.75, 3.05) is 58.8 Å². The molecule has 1 fully saturated rings. The minimum Gasteiger partial charge on any atom is -0.378 e. The molecule has 1 aromatic carbocycles. The van der Waals surface area contributed by atoms with Crippen LogP contribution in [0, 0.1) is 0 Å². The van der Waals surface area contributed by atoms with E-state index in [1.807, 2.05) is 6.92 Å². The summed E-state index contributed by atoms with van der Waals surface area (Å²) < 4.78 is 0. The van der Waals surface area contributed by atoms with Crippen molar-refractivity contribution in [1.29, 1.82) is 0 Å². The Hall–Kier alpha value is -1.59. The minimum absolute atomic E-state index is 0.119. The molecule has 5 nitrogen and oxygen atoms in total. The molecule has 0 radical (unpaired) electrons. The Bertz CT molecular complexity index is 492. The van der Waals surface area contributed by atoms with Crippen molar-refractivity contribution in [3.05, 3.63) is 29.8 Å². The highest BCUT2D eigenvalue weighted by atomic mass is 16.1. The molecule has 1 N–H and O–H groups in total. The van der Waals surface area contributed by atoms with Gasteiger partial charge < -0.3 is 15.1 Å². The van der Waals surface area contributed by atoms with Crippen LogP contribution < -0.4 is 10.2 Å². The first-order valence-electron chi connectivity index (χ1n) is 8.47. The summed E-state index contributed by atoms with van der Waals surface area (Å²) in [4.78, 5) is 18.6. The Morgan fingerprint density at radius 2 is 1.78 bits per heavy atom. The van der Waals surface area contributed by atoms with Crippen LogP contribution in [0.15, 0.2) is 24.3 Å². The van der Waals surface area contributed by atoms with E-state index in [1.165, 1.54) is 11.3 Å². The molecular formula is C18H30N4O. The number of nitrogens with one attached hydrogen (secondary N) is 1. The first-order valence-corrected chi connectivity index (χ1v) is 8.47. The molecule has 1 atom stereocenters. The molecule has 0 spiro atoms. The number of hydrogen-bond acceptors (Lipinski definition) is 4. The van der Waals surface area contributed by atoms with E-state index in [2.05, 4.69) is 65.4 Å². The third-order valence-corrected chi connectivity index (χ3v) is 4.59. The summed E-state index contributed by atoms with van der Waals surface area (Å²) in [5, 5.41) is 3.07. The number of carbonyl (C=O) groups is 1. The van der Waals surface area contributed by atoms with Crippen LogP contribution in [0.5, 0.6) is 0 Å². The van der Waals surface area contributed by atoms with Crippen molar-refractivity contribution >= 4 is 11.6 Å². The van der Waals surface area contributed by atoms with Crippen LogP contribution in [0.4, 0.5) is 5.69 Å². The molecule has 1 aliphatic rings. The molecule has 128 valence electrons. The standard InChI is InChI=1S/C18H30N4O/c1-5-18(23)19-14-17(22-12-10-21(4)11-13-22)15-6-8-16(9-7-15)20(2)3/h6-9,17H,5,10-14H2,1-4H3,(H,19,23)/t17-/m1/s1. The molecule has 1 saturated heterocycles. The lowest BCUT2D eigenvalue weighted by atomic mass is 10.0. The van der Waals surface area contributed by atoms with Gasteiger partial charge in [0.05, 0.1) is 6.04 Å². The molecule has 1 aromatic rings. The van der Waals surface area contributed by atoms with Crippen LogP contribution in [0.2, 0.25) is 0 Å². The summed E-state index contributed by atoms with van der Waals surface area (Å²) in [6.45, 7) is 6.81. The molecule has 0 aliphatic carbocycles. The molecule has 5 heteroatoms. The maximum Gasteiger partial charge on any atom is 0.219 e. The molecule has 0 unspecified atom stereocenters. The Labute approximate surface area is 140 Å². The van der Waals surface area contributed by atoms with E-state index in [-0.39, 0.29) is 11.9 Å². The lowest BCUT2D eigenvalue weighted by Gasteiger charge is -2.38. The van der Waals surface area contributed by atoms with Gasteiger partial charge in [-0.3, -0.25) is 9.69 Å². The number of benzene rings is 1. The normalized spacial score (nSPS) is 17.7. The van der Waals surface area contributed by atoms with Crippen LogP contribution in [-0.4, -0.2) is 69.6 Å². The largest absolute Gasteiger partial charge is 0.378 e. The smallest absolute Gasteiger partial charge is 0.219 e. The summed E-state index contributed by atoms with van der Waals surface area (Å²) in [5.74, 6) is 0.119. The second kappa shape index (κ2) is 8.31. The minimum atomic E-state index is 0.119. The third-order valence-electron chi connectivity index (χ3n) is 4.59. The zero-order valence-corrected chi connectivity index (χ0v) is 14.9. The fourth-order valence-electron chi connectivity index (χ4n) is 2.92. The number of likely N-dealkylation sites (N-methyl/N-ethyl adjacent to an activating group) is 1. The zero-order chi connectivity index (χ0) is 16.8. The lowest BCUT2D eigenvalue weighted by molar-refractivity contribution is -0.121. The van der Waals surface area contributed by atoms with Crippen LogP contribution in [0.3, 0.4) is 0 Å². The van der Waals surface area contributed by atoms with Gasteiger partial charge >= 0.3 is 0 Å². The summed E-state index contributed by atoms with van der Waals surface area (Å²) in [7, 11) is 6.26. The Balaban J connectivity index is 2.12. The molecule has 0 bridgehead atoms. The highest BCUT2D eigenvalue weighted by Gasteiger charge is 2.24. The van der Waals surface area contributed by atoms with E-state index < -0.39 is 0 Å². The molecule has 0 saturated carbocycles. The van der Waals surface area contributed by atoms with Gasteiger partial charge in [-0.2, -0.15) is 0 Å². The molecule has 0 aromatic heterocycles. The van der Waals surface area contributed by atoms with Gasteiger partial charge in [0.25, 0.3) is 0 Å². The average molecular weight is 318 g/mol. The van der Waals surface area contributed by atoms with Gasteiger partial charge in [-0.25, -0.2) is 0 Å². The first kappa shape index (κ1) is 17.8. The fraction of sp³-hybridized carbons (Fsp3) is 0.611. The quantitative estimate of drug-likeness (QED) is 0.864. The monoisotopic (exact) mass is 318 g/mol. The van der Waals surface area contributed by atoms with Crippen molar-refractivity contribution in [2.24, 2.45) is 0 Å². The van der Waals surface area contributed by atoms with Crippen molar-refractivity contribution < 1.29 is 4.79 Å². The summed E-state index contributed by atoms with van der Waals surface area (Å²) >= 11 is 0. The van der Waals surface area contributed by atoms with E-state index in [4.69, 9.17) is 0 Å². The van der Waals surface area contributed by atoms with Crippen molar-refractivity contribution in [3.63, 3.8) is 0 Å². The van der Waals surface area contributed by atoms with Gasteiger partial charge in [0.15, 0.2) is 0 Å². The van der Waals surface area contributed by atoms with Crippen LogP contribution in [0.1, 0.15) is 24.9 Å². The fourth-order valence-corrected chi connectivity index (χ4v) is 2.92.